The Morgan fingerprint density at radius 1 is 1.00 bits per heavy atom. The van der Waals surface area contributed by atoms with Gasteiger partial charge in [-0.05, 0) is 23.1 Å². The van der Waals surface area contributed by atoms with Crippen molar-refractivity contribution in [2.75, 3.05) is 0 Å². The lowest BCUT2D eigenvalue weighted by atomic mass is 9.98. The van der Waals surface area contributed by atoms with E-state index in [9.17, 15) is 5.11 Å². The van der Waals surface area contributed by atoms with Crippen LogP contribution in [0.25, 0.3) is 10.8 Å². The van der Waals surface area contributed by atoms with Crippen LogP contribution in [-0.2, 0) is 6.42 Å². The molecule has 0 aliphatic carbocycles. The van der Waals surface area contributed by atoms with Gasteiger partial charge in [0, 0.05) is 34.8 Å². The summed E-state index contributed by atoms with van der Waals surface area (Å²) >= 11 is 5.87. The van der Waals surface area contributed by atoms with E-state index in [0.29, 0.717) is 11.4 Å². The number of aliphatic hydroxyl groups is 1. The van der Waals surface area contributed by atoms with Gasteiger partial charge in [-0.15, -0.1) is 0 Å². The highest BCUT2D eigenvalue weighted by Gasteiger charge is 2.12. The molecule has 2 nitrogen and oxygen atoms in total. The highest BCUT2D eigenvalue weighted by Crippen LogP contribution is 2.26. The second kappa shape index (κ2) is 5.61. The molecule has 100 valence electrons. The number of aromatic nitrogens is 1. The summed E-state index contributed by atoms with van der Waals surface area (Å²) in [6.07, 6.45) is 3.53. The molecule has 0 radical (unpaired) electrons. The van der Waals surface area contributed by atoms with Gasteiger partial charge in [0.1, 0.15) is 0 Å². The van der Waals surface area contributed by atoms with E-state index in [2.05, 4.69) is 4.98 Å². The predicted molar refractivity (Wildman–Crippen MR) is 81.9 cm³/mol. The van der Waals surface area contributed by atoms with Gasteiger partial charge in [0.2, 0.25) is 0 Å². The van der Waals surface area contributed by atoms with E-state index in [1.807, 2.05) is 54.7 Å². The van der Waals surface area contributed by atoms with Crippen molar-refractivity contribution in [3.63, 3.8) is 0 Å². The monoisotopic (exact) mass is 283 g/mol. The normalized spacial score (nSPS) is 12.5. The number of pyridine rings is 1. The van der Waals surface area contributed by atoms with E-state index in [4.69, 9.17) is 11.6 Å². The number of benzene rings is 2. The lowest BCUT2D eigenvalue weighted by molar-refractivity contribution is 0.179. The second-order valence-corrected chi connectivity index (χ2v) is 5.23. The molecular formula is C17H14ClNO. The maximum atomic E-state index is 10.5. The SMILES string of the molecule is OC(Cc1ccc(Cl)cc1)c1cncc2ccccc12. The molecule has 0 saturated heterocycles. The van der Waals surface area contributed by atoms with Crippen LogP contribution < -0.4 is 0 Å². The molecule has 0 aliphatic rings. The molecule has 0 amide bonds. The zero-order valence-electron chi connectivity index (χ0n) is 10.8. The molecular weight excluding hydrogens is 270 g/mol. The van der Waals surface area contributed by atoms with Gasteiger partial charge in [0.25, 0.3) is 0 Å². The van der Waals surface area contributed by atoms with Gasteiger partial charge in [0.15, 0.2) is 0 Å². The molecule has 0 fully saturated rings. The summed E-state index contributed by atoms with van der Waals surface area (Å²) in [5.41, 5.74) is 1.91. The summed E-state index contributed by atoms with van der Waals surface area (Å²) in [7, 11) is 0. The Kier molecular flexibility index (Phi) is 3.68. The first kappa shape index (κ1) is 13.1. The summed E-state index contributed by atoms with van der Waals surface area (Å²) in [4.78, 5) is 4.21. The lowest BCUT2D eigenvalue weighted by Gasteiger charge is -2.13. The molecule has 1 aromatic heterocycles. The average Bonchev–Trinajstić information content (AvgIpc) is 2.49. The number of nitrogens with zero attached hydrogens (tertiary/aromatic N) is 1. The summed E-state index contributed by atoms with van der Waals surface area (Å²) < 4.78 is 0. The van der Waals surface area contributed by atoms with Crippen molar-refractivity contribution in [2.45, 2.75) is 12.5 Å². The molecule has 3 heteroatoms. The smallest absolute Gasteiger partial charge is 0.0851 e. The maximum Gasteiger partial charge on any atom is 0.0851 e. The van der Waals surface area contributed by atoms with E-state index in [0.717, 1.165) is 21.9 Å². The molecule has 1 heterocycles. The number of rotatable bonds is 3. The average molecular weight is 284 g/mol. The van der Waals surface area contributed by atoms with Crippen molar-refractivity contribution in [3.05, 3.63) is 77.1 Å². The van der Waals surface area contributed by atoms with Crippen LogP contribution in [0.3, 0.4) is 0 Å². The third-order valence-corrected chi connectivity index (χ3v) is 3.65. The van der Waals surface area contributed by atoms with Gasteiger partial charge in [-0.2, -0.15) is 0 Å². The Labute approximate surface area is 122 Å². The first-order chi connectivity index (χ1) is 9.74. The Morgan fingerprint density at radius 2 is 1.75 bits per heavy atom. The van der Waals surface area contributed by atoms with Crippen LogP contribution >= 0.6 is 11.6 Å². The Bertz CT molecular complexity index is 719. The summed E-state index contributed by atoms with van der Waals surface area (Å²) in [6, 6.07) is 15.5. The lowest BCUT2D eigenvalue weighted by Crippen LogP contribution is -2.03. The molecule has 1 N–H and O–H groups in total. The van der Waals surface area contributed by atoms with E-state index in [-0.39, 0.29) is 0 Å². The fourth-order valence-corrected chi connectivity index (χ4v) is 2.49. The van der Waals surface area contributed by atoms with Crippen molar-refractivity contribution < 1.29 is 5.11 Å². The second-order valence-electron chi connectivity index (χ2n) is 4.80. The third-order valence-electron chi connectivity index (χ3n) is 3.40. The minimum Gasteiger partial charge on any atom is -0.388 e. The molecule has 1 unspecified atom stereocenters. The van der Waals surface area contributed by atoms with Gasteiger partial charge in [-0.25, -0.2) is 0 Å². The number of fused-ring (bicyclic) bond motifs is 1. The van der Waals surface area contributed by atoms with E-state index in [1.165, 1.54) is 0 Å². The van der Waals surface area contributed by atoms with Crippen molar-refractivity contribution in [1.82, 2.24) is 4.98 Å². The molecule has 0 bridgehead atoms. The fourth-order valence-electron chi connectivity index (χ4n) is 2.36. The maximum absolute atomic E-state index is 10.5. The van der Waals surface area contributed by atoms with Crippen molar-refractivity contribution in [2.24, 2.45) is 0 Å². The first-order valence-corrected chi connectivity index (χ1v) is 6.87. The third kappa shape index (κ3) is 2.67. The number of aliphatic hydroxyl groups excluding tert-OH is 1. The first-order valence-electron chi connectivity index (χ1n) is 6.49. The molecule has 0 aliphatic heterocycles. The van der Waals surface area contributed by atoms with Crippen LogP contribution in [0.2, 0.25) is 5.02 Å². The number of hydrogen-bond acceptors (Lipinski definition) is 2. The highest BCUT2D eigenvalue weighted by atomic mass is 35.5. The number of halogens is 1. The van der Waals surface area contributed by atoms with Crippen LogP contribution in [0.5, 0.6) is 0 Å². The van der Waals surface area contributed by atoms with Gasteiger partial charge in [-0.1, -0.05) is 48.0 Å². The van der Waals surface area contributed by atoms with E-state index in [1.54, 1.807) is 6.20 Å². The molecule has 2 aromatic carbocycles. The van der Waals surface area contributed by atoms with Crippen molar-refractivity contribution >= 4 is 22.4 Å². The predicted octanol–water partition coefficient (Wildman–Crippen LogP) is 4.16. The van der Waals surface area contributed by atoms with Gasteiger partial charge in [-0.3, -0.25) is 4.98 Å². The van der Waals surface area contributed by atoms with Crippen LogP contribution in [0, 0.1) is 0 Å². The van der Waals surface area contributed by atoms with E-state index < -0.39 is 6.10 Å². The zero-order valence-corrected chi connectivity index (χ0v) is 11.6. The minimum absolute atomic E-state index is 0.548. The quantitative estimate of drug-likeness (QED) is 0.783. The molecule has 3 aromatic rings. The number of hydrogen-bond donors (Lipinski definition) is 1. The van der Waals surface area contributed by atoms with Crippen LogP contribution in [-0.4, -0.2) is 10.1 Å². The largest absolute Gasteiger partial charge is 0.388 e. The van der Waals surface area contributed by atoms with Crippen LogP contribution in [0.1, 0.15) is 17.2 Å². The summed E-state index contributed by atoms with van der Waals surface area (Å²) in [5, 5.41) is 13.3. The topological polar surface area (TPSA) is 33.1 Å². The van der Waals surface area contributed by atoms with Gasteiger partial charge in [0.05, 0.1) is 6.10 Å². The standard InChI is InChI=1S/C17H14ClNO/c18-14-7-5-12(6-8-14)9-17(20)16-11-19-10-13-3-1-2-4-15(13)16/h1-8,10-11,17,20H,9H2. The minimum atomic E-state index is -0.574. The molecule has 3 rings (SSSR count). The van der Waals surface area contributed by atoms with Gasteiger partial charge >= 0.3 is 0 Å². The van der Waals surface area contributed by atoms with Crippen molar-refractivity contribution in [3.8, 4) is 0 Å². The molecule has 1 atom stereocenters. The summed E-state index contributed by atoms with van der Waals surface area (Å²) in [5.74, 6) is 0. The van der Waals surface area contributed by atoms with Gasteiger partial charge < -0.3 is 5.11 Å². The van der Waals surface area contributed by atoms with Crippen LogP contribution in [0.15, 0.2) is 60.9 Å². The highest BCUT2D eigenvalue weighted by molar-refractivity contribution is 6.30. The van der Waals surface area contributed by atoms with Crippen LogP contribution in [0.4, 0.5) is 0 Å². The Balaban J connectivity index is 1.92. The summed E-state index contributed by atoms with van der Waals surface area (Å²) in [6.45, 7) is 0. The zero-order chi connectivity index (χ0) is 13.9. The Hall–Kier alpha value is -1.90. The Morgan fingerprint density at radius 3 is 2.55 bits per heavy atom. The van der Waals surface area contributed by atoms with E-state index >= 15 is 0 Å². The molecule has 0 saturated carbocycles. The molecule has 20 heavy (non-hydrogen) atoms. The van der Waals surface area contributed by atoms with Crippen molar-refractivity contribution in [1.29, 1.82) is 0 Å². The molecule has 0 spiro atoms. The fraction of sp³-hybridized carbons (Fsp3) is 0.118.